The summed E-state index contributed by atoms with van der Waals surface area (Å²) in [7, 11) is 0. The van der Waals surface area contributed by atoms with Crippen molar-refractivity contribution in [1.29, 1.82) is 0 Å². The summed E-state index contributed by atoms with van der Waals surface area (Å²) < 4.78 is 56.6. The summed E-state index contributed by atoms with van der Waals surface area (Å²) >= 11 is 0. The Hall–Kier alpha value is -3.56. The third kappa shape index (κ3) is 4.72. The fourth-order valence-electron chi connectivity index (χ4n) is 6.10. The van der Waals surface area contributed by atoms with Crippen molar-refractivity contribution in [3.8, 4) is 11.1 Å². The highest BCUT2D eigenvalue weighted by atomic mass is 19.3. The minimum Gasteiger partial charge on any atom is -0.338 e. The maximum absolute atomic E-state index is 14.8. The molecule has 2 aromatic heterocycles. The number of nitrogens with zero attached hydrogens (tertiary/aromatic N) is 4. The number of carbonyl (C=O) groups excluding carboxylic acids is 1. The number of aromatic nitrogens is 3. The van der Waals surface area contributed by atoms with Crippen LogP contribution in [0.4, 0.5) is 29.2 Å². The van der Waals surface area contributed by atoms with Crippen LogP contribution in [0, 0.1) is 17.6 Å². The number of carbonyl (C=O) groups is 1. The van der Waals surface area contributed by atoms with Gasteiger partial charge in [0.1, 0.15) is 11.6 Å². The van der Waals surface area contributed by atoms with Crippen molar-refractivity contribution in [3.63, 3.8) is 0 Å². The lowest BCUT2D eigenvalue weighted by Gasteiger charge is -2.29. The number of rotatable bonds is 5. The zero-order chi connectivity index (χ0) is 26.4. The zero-order valence-electron chi connectivity index (χ0n) is 20.6. The highest BCUT2D eigenvalue weighted by Gasteiger charge is 2.39. The van der Waals surface area contributed by atoms with E-state index in [1.807, 2.05) is 0 Å². The minimum atomic E-state index is -2.75. The Morgan fingerprint density at radius 3 is 2.42 bits per heavy atom. The first-order valence-corrected chi connectivity index (χ1v) is 13.0. The largest absolute Gasteiger partial charge is 0.338 e. The van der Waals surface area contributed by atoms with Crippen molar-refractivity contribution in [1.82, 2.24) is 15.0 Å². The number of hydrogen-bond acceptors (Lipinski definition) is 5. The number of benzene rings is 1. The number of nitrogens with one attached hydrogen (secondary N) is 1. The molecule has 1 aromatic carbocycles. The topological polar surface area (TPSA) is 71.0 Å². The van der Waals surface area contributed by atoms with E-state index in [9.17, 15) is 22.4 Å². The summed E-state index contributed by atoms with van der Waals surface area (Å²) in [6.07, 6.45) is 7.52. The van der Waals surface area contributed by atoms with Crippen LogP contribution >= 0.6 is 0 Å². The number of fused-ring (bicyclic) bond motifs is 2. The van der Waals surface area contributed by atoms with Crippen molar-refractivity contribution in [2.75, 3.05) is 16.8 Å². The normalized spacial score (nSPS) is 22.6. The number of amides is 1. The molecule has 198 valence electrons. The first-order valence-electron chi connectivity index (χ1n) is 13.0. The van der Waals surface area contributed by atoms with Crippen LogP contribution in [0.5, 0.6) is 0 Å². The fourth-order valence-corrected chi connectivity index (χ4v) is 6.10. The SMILES string of the molecule is O=C(Nc1c(-c2cc(F)ccc2F)ccnc1C1CCC(F)(F)CC1)c1cnc(N2CC3CCC2C3)nc1. The van der Waals surface area contributed by atoms with Crippen LogP contribution < -0.4 is 10.2 Å². The Balaban J connectivity index is 1.32. The lowest BCUT2D eigenvalue weighted by Crippen LogP contribution is -2.33. The predicted octanol–water partition coefficient (Wildman–Crippen LogP) is 6.35. The molecular formula is C28H27F4N5O. The van der Waals surface area contributed by atoms with E-state index in [1.165, 1.54) is 31.1 Å². The van der Waals surface area contributed by atoms with E-state index in [-0.39, 0.29) is 54.0 Å². The summed E-state index contributed by atoms with van der Waals surface area (Å²) in [6.45, 7) is 0.915. The highest BCUT2D eigenvalue weighted by molar-refractivity contribution is 6.06. The van der Waals surface area contributed by atoms with Gasteiger partial charge < -0.3 is 10.2 Å². The molecule has 3 aromatic rings. The molecule has 3 aliphatic rings. The van der Waals surface area contributed by atoms with Crippen LogP contribution in [0.15, 0.2) is 42.9 Å². The van der Waals surface area contributed by atoms with Gasteiger partial charge in [-0.1, -0.05) is 0 Å². The fraction of sp³-hybridized carbons (Fsp3) is 0.429. The number of halogens is 4. The van der Waals surface area contributed by atoms with E-state index in [4.69, 9.17) is 0 Å². The first-order chi connectivity index (χ1) is 18.3. The molecule has 2 saturated carbocycles. The predicted molar refractivity (Wildman–Crippen MR) is 134 cm³/mol. The molecule has 1 aliphatic heterocycles. The third-order valence-electron chi connectivity index (χ3n) is 8.11. The quantitative estimate of drug-likeness (QED) is 0.393. The van der Waals surface area contributed by atoms with Crippen LogP contribution in [0.3, 0.4) is 0 Å². The van der Waals surface area contributed by atoms with Crippen molar-refractivity contribution in [2.45, 2.75) is 62.8 Å². The summed E-state index contributed by atoms with van der Waals surface area (Å²) in [5.74, 6) is -3.74. The molecule has 0 spiro atoms. The number of anilines is 2. The molecule has 0 radical (unpaired) electrons. The van der Waals surface area contributed by atoms with Crippen molar-refractivity contribution in [3.05, 3.63) is 65.7 Å². The van der Waals surface area contributed by atoms with Crippen molar-refractivity contribution < 1.29 is 22.4 Å². The second-order valence-electron chi connectivity index (χ2n) is 10.6. The highest BCUT2D eigenvalue weighted by Crippen LogP contribution is 2.44. The Bertz CT molecular complexity index is 1360. The molecule has 1 amide bonds. The molecule has 6 rings (SSSR count). The minimum absolute atomic E-state index is 0.0548. The van der Waals surface area contributed by atoms with Gasteiger partial charge in [0, 0.05) is 61.1 Å². The molecule has 2 unspecified atom stereocenters. The number of piperidine rings is 1. The van der Waals surface area contributed by atoms with Gasteiger partial charge in [-0.3, -0.25) is 9.78 Å². The standard InChI is InChI=1S/C28H27F4N5O/c29-19-2-4-23(30)22(12-19)21-7-10-33-24(17-5-8-28(31,32)9-6-17)25(21)36-26(38)18-13-34-27(35-14-18)37-15-16-1-3-20(37)11-16/h2,4,7,10,12-14,16-17,20H,1,3,5-6,8-9,11,15H2,(H,36,38). The van der Waals surface area contributed by atoms with Gasteiger partial charge in [0.25, 0.3) is 5.91 Å². The summed E-state index contributed by atoms with van der Waals surface area (Å²) in [5.41, 5.74) is 0.914. The van der Waals surface area contributed by atoms with Crippen molar-refractivity contribution in [2.24, 2.45) is 5.92 Å². The first kappa shape index (κ1) is 24.8. The van der Waals surface area contributed by atoms with Crippen LogP contribution in [0.25, 0.3) is 11.1 Å². The maximum atomic E-state index is 14.8. The summed E-state index contributed by atoms with van der Waals surface area (Å²) in [6, 6.07) is 4.98. The molecule has 1 N–H and O–H groups in total. The Kier molecular flexibility index (Phi) is 6.28. The molecule has 10 heteroatoms. The van der Waals surface area contributed by atoms with Crippen LogP contribution in [-0.2, 0) is 0 Å². The van der Waals surface area contributed by atoms with E-state index in [0.29, 0.717) is 23.6 Å². The monoisotopic (exact) mass is 525 g/mol. The van der Waals surface area contributed by atoms with E-state index in [2.05, 4.69) is 25.2 Å². The number of alkyl halides is 2. The molecular weight excluding hydrogens is 498 g/mol. The average molecular weight is 526 g/mol. The van der Waals surface area contributed by atoms with Gasteiger partial charge in [-0.05, 0) is 62.3 Å². The Morgan fingerprint density at radius 2 is 1.74 bits per heavy atom. The van der Waals surface area contributed by atoms with Crippen LogP contribution in [0.2, 0.25) is 0 Å². The van der Waals surface area contributed by atoms with Gasteiger partial charge in [-0.25, -0.2) is 27.5 Å². The zero-order valence-corrected chi connectivity index (χ0v) is 20.6. The molecule has 6 nitrogen and oxygen atoms in total. The van der Waals surface area contributed by atoms with E-state index in [0.717, 1.165) is 37.6 Å². The van der Waals surface area contributed by atoms with Crippen LogP contribution in [-0.4, -0.2) is 39.4 Å². The van der Waals surface area contributed by atoms with Gasteiger partial charge in [0.15, 0.2) is 0 Å². The van der Waals surface area contributed by atoms with Gasteiger partial charge in [0.2, 0.25) is 11.9 Å². The maximum Gasteiger partial charge on any atom is 0.258 e. The molecule has 2 aliphatic carbocycles. The molecule has 1 saturated heterocycles. The average Bonchev–Trinajstić information content (AvgIpc) is 3.55. The van der Waals surface area contributed by atoms with E-state index in [1.54, 1.807) is 0 Å². The van der Waals surface area contributed by atoms with E-state index >= 15 is 0 Å². The second kappa shape index (κ2) is 9.63. The second-order valence-corrected chi connectivity index (χ2v) is 10.6. The summed E-state index contributed by atoms with van der Waals surface area (Å²) in [4.78, 5) is 28.8. The molecule has 38 heavy (non-hydrogen) atoms. The molecule has 2 bridgehead atoms. The number of pyridine rings is 1. The van der Waals surface area contributed by atoms with Gasteiger partial charge in [-0.15, -0.1) is 0 Å². The van der Waals surface area contributed by atoms with E-state index < -0.39 is 23.5 Å². The lowest BCUT2D eigenvalue weighted by atomic mass is 9.83. The Morgan fingerprint density at radius 1 is 0.974 bits per heavy atom. The summed E-state index contributed by atoms with van der Waals surface area (Å²) in [5, 5.41) is 2.80. The Labute approximate surface area is 217 Å². The molecule has 2 atom stereocenters. The van der Waals surface area contributed by atoms with Gasteiger partial charge >= 0.3 is 0 Å². The smallest absolute Gasteiger partial charge is 0.258 e. The molecule has 3 fully saturated rings. The molecule has 3 heterocycles. The van der Waals surface area contributed by atoms with Crippen LogP contribution in [0.1, 0.15) is 66.9 Å². The van der Waals surface area contributed by atoms with Gasteiger partial charge in [-0.2, -0.15) is 0 Å². The van der Waals surface area contributed by atoms with Gasteiger partial charge in [0.05, 0.1) is 16.9 Å². The lowest BCUT2D eigenvalue weighted by molar-refractivity contribution is -0.0384. The third-order valence-corrected chi connectivity index (χ3v) is 8.11. The van der Waals surface area contributed by atoms with Crippen molar-refractivity contribution >= 4 is 17.5 Å². The number of hydrogen-bond donors (Lipinski definition) is 1.